The Morgan fingerprint density at radius 3 is 2.57 bits per heavy atom. The molecule has 1 saturated carbocycles. The molecule has 1 atom stereocenters. The number of hydrogen-bond donors (Lipinski definition) is 3. The molecule has 1 amide bonds. The van der Waals surface area contributed by atoms with E-state index in [0.717, 1.165) is 18.4 Å². The van der Waals surface area contributed by atoms with Crippen molar-refractivity contribution in [2.24, 2.45) is 0 Å². The summed E-state index contributed by atoms with van der Waals surface area (Å²) < 4.78 is 34.4. The van der Waals surface area contributed by atoms with Crippen LogP contribution in [-0.2, 0) is 17.5 Å². The minimum atomic E-state index is -1.64. The van der Waals surface area contributed by atoms with Gasteiger partial charge in [-0.3, -0.25) is 14.1 Å². The Bertz CT molecular complexity index is 1500. The van der Waals surface area contributed by atoms with Gasteiger partial charge in [0.15, 0.2) is 0 Å². The van der Waals surface area contributed by atoms with Crippen molar-refractivity contribution >= 4 is 46.1 Å². The molecule has 0 radical (unpaired) electrons. The van der Waals surface area contributed by atoms with Crippen molar-refractivity contribution < 1.29 is 27.9 Å². The third kappa shape index (κ3) is 5.02. The standard InChI is InChI=1S/C26H25BFN3O5S/c1-29-26(32)24-21-12-20(15-3-4-15)22(13-23(21)36-25(24)16-5-7-18(28)8-6-16)31(37(2)35)14-19-11-17(27(33)34)9-10-30-19/h5-13,15,33-34H,3-4,14H2,1-2H3,(H,29,32). The number of rotatable bonds is 8. The zero-order valence-corrected chi connectivity index (χ0v) is 21.1. The number of aromatic nitrogens is 1. The van der Waals surface area contributed by atoms with Crippen LogP contribution in [-0.4, -0.2) is 45.6 Å². The Labute approximate surface area is 215 Å². The minimum Gasteiger partial charge on any atom is -0.455 e. The molecule has 0 saturated heterocycles. The molecule has 2 aromatic heterocycles. The number of hydrogen-bond acceptors (Lipinski definition) is 6. The number of pyridine rings is 1. The van der Waals surface area contributed by atoms with Gasteiger partial charge in [-0.25, -0.2) is 8.60 Å². The van der Waals surface area contributed by atoms with Crippen LogP contribution < -0.4 is 15.1 Å². The van der Waals surface area contributed by atoms with Gasteiger partial charge in [0, 0.05) is 36.5 Å². The van der Waals surface area contributed by atoms with E-state index in [-0.39, 0.29) is 23.8 Å². The van der Waals surface area contributed by atoms with Gasteiger partial charge in [-0.15, -0.1) is 0 Å². The van der Waals surface area contributed by atoms with Crippen LogP contribution in [0.2, 0.25) is 0 Å². The average Bonchev–Trinajstić information content (AvgIpc) is 3.67. The van der Waals surface area contributed by atoms with Crippen molar-refractivity contribution in [1.29, 1.82) is 0 Å². The fraction of sp³-hybridized carbons (Fsp3) is 0.231. The number of nitrogens with zero attached hydrogens (tertiary/aromatic N) is 2. The van der Waals surface area contributed by atoms with Crippen molar-refractivity contribution in [3.05, 3.63) is 77.4 Å². The van der Waals surface area contributed by atoms with Crippen LogP contribution in [0.3, 0.4) is 0 Å². The molecule has 190 valence electrons. The fourth-order valence-electron chi connectivity index (χ4n) is 4.45. The van der Waals surface area contributed by atoms with Crippen molar-refractivity contribution in [3.63, 3.8) is 0 Å². The fourth-order valence-corrected chi connectivity index (χ4v) is 5.20. The topological polar surface area (TPSA) is 116 Å². The first-order chi connectivity index (χ1) is 17.8. The van der Waals surface area contributed by atoms with E-state index in [1.807, 2.05) is 6.07 Å². The lowest BCUT2D eigenvalue weighted by atomic mass is 9.81. The van der Waals surface area contributed by atoms with Gasteiger partial charge < -0.3 is 19.8 Å². The summed E-state index contributed by atoms with van der Waals surface area (Å²) in [7, 11) is -1.56. The highest BCUT2D eigenvalue weighted by Crippen LogP contribution is 2.48. The number of benzene rings is 2. The van der Waals surface area contributed by atoms with Gasteiger partial charge in [0.25, 0.3) is 5.91 Å². The largest absolute Gasteiger partial charge is 0.488 e. The molecule has 4 aromatic rings. The monoisotopic (exact) mass is 521 g/mol. The van der Waals surface area contributed by atoms with Gasteiger partial charge >= 0.3 is 7.12 Å². The van der Waals surface area contributed by atoms with E-state index in [1.54, 1.807) is 34.8 Å². The quantitative estimate of drug-likeness (QED) is 0.307. The number of amides is 1. The number of fused-ring (bicyclic) bond motifs is 1. The van der Waals surface area contributed by atoms with Gasteiger partial charge in [-0.05, 0) is 72.3 Å². The number of carbonyl (C=O) groups excluding carboxylic acids is 1. The Hall–Kier alpha value is -3.54. The van der Waals surface area contributed by atoms with Crippen molar-refractivity contribution in [3.8, 4) is 11.3 Å². The van der Waals surface area contributed by atoms with Crippen molar-refractivity contribution in [2.45, 2.75) is 25.3 Å². The molecule has 1 aliphatic carbocycles. The van der Waals surface area contributed by atoms with Crippen molar-refractivity contribution in [2.75, 3.05) is 17.6 Å². The van der Waals surface area contributed by atoms with E-state index in [0.29, 0.717) is 39.2 Å². The lowest BCUT2D eigenvalue weighted by Crippen LogP contribution is -2.32. The molecule has 3 N–H and O–H groups in total. The van der Waals surface area contributed by atoms with Crippen LogP contribution >= 0.6 is 0 Å². The lowest BCUT2D eigenvalue weighted by molar-refractivity contribution is 0.0964. The number of halogens is 1. The SMILES string of the molecule is CNC(=O)c1c(-c2ccc(F)cc2)oc2cc(N(Cc3cc(B(O)O)ccn3)S(C)=O)c(C3CC3)cc12. The summed E-state index contributed by atoms with van der Waals surface area (Å²) in [4.78, 5) is 17.3. The maximum atomic E-state index is 13.6. The summed E-state index contributed by atoms with van der Waals surface area (Å²) in [5.74, 6) is -0.159. The number of carbonyl (C=O) groups is 1. The molecule has 0 spiro atoms. The van der Waals surface area contributed by atoms with Gasteiger partial charge in [-0.2, -0.15) is 0 Å². The normalized spacial score (nSPS) is 14.0. The van der Waals surface area contributed by atoms with Crippen LogP contribution in [0.25, 0.3) is 22.3 Å². The highest BCUT2D eigenvalue weighted by Gasteiger charge is 2.32. The third-order valence-electron chi connectivity index (χ3n) is 6.44. The van der Waals surface area contributed by atoms with Gasteiger partial charge in [0.2, 0.25) is 0 Å². The first-order valence-corrected chi connectivity index (χ1v) is 13.3. The molecular formula is C26H25BFN3O5S. The van der Waals surface area contributed by atoms with Gasteiger partial charge in [0.05, 0.1) is 23.5 Å². The van der Waals surface area contributed by atoms with Crippen LogP contribution in [0.15, 0.2) is 59.1 Å². The Morgan fingerprint density at radius 1 is 1.22 bits per heavy atom. The first kappa shape index (κ1) is 25.1. The van der Waals surface area contributed by atoms with Crippen LogP contribution in [0.5, 0.6) is 0 Å². The van der Waals surface area contributed by atoms with Crippen LogP contribution in [0.1, 0.15) is 40.4 Å². The second-order valence-electron chi connectivity index (χ2n) is 8.99. The highest BCUT2D eigenvalue weighted by molar-refractivity contribution is 7.85. The van der Waals surface area contributed by atoms with E-state index >= 15 is 0 Å². The Morgan fingerprint density at radius 2 is 1.95 bits per heavy atom. The molecule has 0 aliphatic heterocycles. The predicted octanol–water partition coefficient (Wildman–Crippen LogP) is 2.85. The van der Waals surface area contributed by atoms with Gasteiger partial charge in [0.1, 0.15) is 28.1 Å². The molecule has 37 heavy (non-hydrogen) atoms. The molecule has 0 bridgehead atoms. The smallest absolute Gasteiger partial charge is 0.455 e. The maximum Gasteiger partial charge on any atom is 0.488 e. The molecule has 2 heterocycles. The molecule has 5 rings (SSSR count). The molecular weight excluding hydrogens is 496 g/mol. The molecule has 11 heteroatoms. The zero-order chi connectivity index (χ0) is 26.3. The number of nitrogens with one attached hydrogen (secondary N) is 1. The first-order valence-electron chi connectivity index (χ1n) is 11.8. The predicted molar refractivity (Wildman–Crippen MR) is 141 cm³/mol. The second kappa shape index (κ2) is 10.1. The zero-order valence-electron chi connectivity index (χ0n) is 20.3. The molecule has 1 unspecified atom stereocenters. The third-order valence-corrected chi connectivity index (χ3v) is 7.38. The average molecular weight is 521 g/mol. The Balaban J connectivity index is 1.67. The molecule has 1 fully saturated rings. The van der Waals surface area contributed by atoms with E-state index in [9.17, 15) is 23.4 Å². The molecule has 2 aromatic carbocycles. The summed E-state index contributed by atoms with van der Waals surface area (Å²) >= 11 is 0. The second-order valence-corrected chi connectivity index (χ2v) is 10.3. The minimum absolute atomic E-state index is 0.155. The van der Waals surface area contributed by atoms with E-state index in [1.165, 1.54) is 31.4 Å². The molecule has 8 nitrogen and oxygen atoms in total. The van der Waals surface area contributed by atoms with Crippen LogP contribution in [0.4, 0.5) is 10.1 Å². The van der Waals surface area contributed by atoms with E-state index in [4.69, 9.17) is 4.42 Å². The van der Waals surface area contributed by atoms with E-state index < -0.39 is 23.9 Å². The summed E-state index contributed by atoms with van der Waals surface area (Å²) in [5.41, 5.74) is 3.78. The number of anilines is 1. The summed E-state index contributed by atoms with van der Waals surface area (Å²) in [6.07, 6.45) is 4.97. The summed E-state index contributed by atoms with van der Waals surface area (Å²) in [5, 5.41) is 22.4. The summed E-state index contributed by atoms with van der Waals surface area (Å²) in [6, 6.07) is 12.5. The summed E-state index contributed by atoms with van der Waals surface area (Å²) in [6.45, 7) is 0.155. The van der Waals surface area contributed by atoms with Gasteiger partial charge in [-0.1, -0.05) is 0 Å². The lowest BCUT2D eigenvalue weighted by Gasteiger charge is -2.24. The Kier molecular flexibility index (Phi) is 6.85. The molecule has 1 aliphatic rings. The highest BCUT2D eigenvalue weighted by atomic mass is 32.2. The van der Waals surface area contributed by atoms with Crippen molar-refractivity contribution in [1.82, 2.24) is 10.3 Å². The number of furan rings is 1. The van der Waals surface area contributed by atoms with E-state index in [2.05, 4.69) is 10.3 Å². The maximum absolute atomic E-state index is 13.6. The van der Waals surface area contributed by atoms with Crippen LogP contribution in [0, 0.1) is 5.82 Å².